The van der Waals surface area contributed by atoms with Gasteiger partial charge in [-0.2, -0.15) is 0 Å². The summed E-state index contributed by atoms with van der Waals surface area (Å²) in [4.78, 5) is 13.3. The first-order valence-electron chi connectivity index (χ1n) is 9.06. The lowest BCUT2D eigenvalue weighted by Gasteiger charge is -2.35. The number of morpholine rings is 1. The average molecular weight is 410 g/mol. The molecular formula is C21H25Cl2NO3. The van der Waals surface area contributed by atoms with Gasteiger partial charge in [0.2, 0.25) is 5.91 Å². The molecule has 1 heterocycles. The Morgan fingerprint density at radius 3 is 2.04 bits per heavy atom. The molecule has 1 amide bonds. The minimum atomic E-state index is -0.138. The topological polar surface area (TPSA) is 49.8 Å². The lowest BCUT2D eigenvalue weighted by molar-refractivity contribution is -0.149. The van der Waals surface area contributed by atoms with E-state index in [-0.39, 0.29) is 25.2 Å². The van der Waals surface area contributed by atoms with Crippen LogP contribution in [0, 0.1) is 0 Å². The Morgan fingerprint density at radius 2 is 1.56 bits per heavy atom. The molecule has 2 aromatic rings. The molecule has 0 spiro atoms. The summed E-state index contributed by atoms with van der Waals surface area (Å²) in [6.45, 7) is 0.822. The number of carbonyl (C=O) groups is 1. The first-order chi connectivity index (χ1) is 13.1. The van der Waals surface area contributed by atoms with E-state index < -0.39 is 0 Å². The van der Waals surface area contributed by atoms with Crippen LogP contribution < -0.4 is 0 Å². The normalized spacial score (nSPS) is 18.0. The van der Waals surface area contributed by atoms with E-state index in [9.17, 15) is 4.79 Å². The van der Waals surface area contributed by atoms with Crippen molar-refractivity contribution in [3.63, 3.8) is 0 Å². The highest BCUT2D eigenvalue weighted by atomic mass is 35.5. The molecule has 2 aromatic carbocycles. The molecule has 1 aliphatic heterocycles. The van der Waals surface area contributed by atoms with Gasteiger partial charge in [0.05, 0.1) is 19.3 Å². The van der Waals surface area contributed by atoms with Gasteiger partial charge in [-0.15, -0.1) is 0 Å². The molecule has 6 heteroatoms. The van der Waals surface area contributed by atoms with Crippen molar-refractivity contribution in [1.82, 2.24) is 4.90 Å². The number of carbonyl (C=O) groups excluding carboxylic acids is 1. The Hall–Kier alpha value is -1.59. The molecule has 27 heavy (non-hydrogen) atoms. The molecule has 0 unspecified atom stereocenters. The van der Waals surface area contributed by atoms with Gasteiger partial charge in [-0.25, -0.2) is 0 Å². The molecule has 0 radical (unpaired) electrons. The highest BCUT2D eigenvalue weighted by molar-refractivity contribution is 6.30. The number of hydrogen-bond acceptors (Lipinski definition) is 3. The molecule has 4 rings (SSSR count). The lowest BCUT2D eigenvalue weighted by atomic mass is 10.0. The number of ether oxygens (including phenoxy) is 1. The molecule has 1 N–H and O–H groups in total. The molecular weight excluding hydrogens is 385 g/mol. The van der Waals surface area contributed by atoms with E-state index in [1.165, 1.54) is 19.3 Å². The van der Waals surface area contributed by atoms with E-state index in [4.69, 9.17) is 33.0 Å². The van der Waals surface area contributed by atoms with Gasteiger partial charge in [0.1, 0.15) is 6.61 Å². The maximum Gasteiger partial charge on any atom is 0.249 e. The summed E-state index contributed by atoms with van der Waals surface area (Å²) in [5, 5.41) is 10.4. The summed E-state index contributed by atoms with van der Waals surface area (Å²) in [6, 6.07) is 16.6. The lowest BCUT2D eigenvalue weighted by Crippen LogP contribution is -2.45. The number of rotatable bonds is 3. The van der Waals surface area contributed by atoms with Crippen LogP contribution >= 0.6 is 23.2 Å². The van der Waals surface area contributed by atoms with Crippen molar-refractivity contribution in [2.75, 3.05) is 26.4 Å². The number of nitrogens with zero attached hydrogens (tertiary/aromatic N) is 1. The predicted octanol–water partition coefficient (Wildman–Crippen LogP) is 4.74. The predicted molar refractivity (Wildman–Crippen MR) is 109 cm³/mol. The fourth-order valence-electron chi connectivity index (χ4n) is 2.37. The largest absolute Gasteiger partial charge is 0.395 e. The van der Waals surface area contributed by atoms with Crippen LogP contribution in [0.5, 0.6) is 0 Å². The fourth-order valence-corrected chi connectivity index (χ4v) is 2.64. The van der Waals surface area contributed by atoms with Crippen LogP contribution in [-0.4, -0.2) is 42.3 Å². The SMILES string of the molecule is C1CC1.Clc1ccccc1.O=C1COC[C@@H](c2ccc(Cl)cc2)N1CCO. The minimum absolute atomic E-state index is 0.0458. The van der Waals surface area contributed by atoms with Gasteiger partial charge < -0.3 is 14.7 Å². The number of β-amino-alcohol motifs (C(OH)–C–C–N with tert-alkyl or cyclic N) is 1. The molecule has 146 valence electrons. The highest BCUT2D eigenvalue weighted by Crippen LogP contribution is 2.25. The van der Waals surface area contributed by atoms with Crippen molar-refractivity contribution in [3.05, 3.63) is 70.2 Å². The molecule has 2 aliphatic rings. The van der Waals surface area contributed by atoms with Gasteiger partial charge in [-0.05, 0) is 29.8 Å². The molecule has 4 nitrogen and oxygen atoms in total. The van der Waals surface area contributed by atoms with Gasteiger partial charge in [-0.3, -0.25) is 4.79 Å². The van der Waals surface area contributed by atoms with Gasteiger partial charge in [-0.1, -0.05) is 72.8 Å². The molecule has 2 fully saturated rings. The van der Waals surface area contributed by atoms with Crippen molar-refractivity contribution in [3.8, 4) is 0 Å². The standard InChI is InChI=1S/C12H14ClNO3.C6H5Cl.C3H6/c13-10-3-1-9(2-4-10)11-7-17-8-12(16)14(11)5-6-15;7-6-4-2-1-3-5-6;1-2-3-1/h1-4,11,15H,5-8H2;1-5H;1-3H2/t11-;;/m0../s1. The first-order valence-corrected chi connectivity index (χ1v) is 9.81. The summed E-state index contributed by atoms with van der Waals surface area (Å²) >= 11 is 11.4. The first kappa shape index (κ1) is 21.7. The number of benzene rings is 2. The summed E-state index contributed by atoms with van der Waals surface area (Å²) in [5.41, 5.74) is 0.968. The number of amides is 1. The molecule has 1 saturated carbocycles. The zero-order valence-corrected chi connectivity index (χ0v) is 16.7. The van der Waals surface area contributed by atoms with Gasteiger partial charge in [0.25, 0.3) is 0 Å². The summed E-state index contributed by atoms with van der Waals surface area (Å²) in [6.07, 6.45) is 4.50. The van der Waals surface area contributed by atoms with Crippen molar-refractivity contribution in [2.45, 2.75) is 25.3 Å². The van der Waals surface area contributed by atoms with Gasteiger partial charge >= 0.3 is 0 Å². The fraction of sp³-hybridized carbons (Fsp3) is 0.381. The molecule has 1 saturated heterocycles. The van der Waals surface area contributed by atoms with E-state index in [2.05, 4.69) is 0 Å². The smallest absolute Gasteiger partial charge is 0.249 e. The average Bonchev–Trinajstić information content (AvgIpc) is 3.55. The zero-order valence-electron chi connectivity index (χ0n) is 15.2. The Bertz CT molecular complexity index is 675. The van der Waals surface area contributed by atoms with E-state index in [0.717, 1.165) is 10.6 Å². The van der Waals surface area contributed by atoms with Crippen molar-refractivity contribution in [2.24, 2.45) is 0 Å². The zero-order chi connectivity index (χ0) is 19.5. The van der Waals surface area contributed by atoms with Gasteiger partial charge in [0.15, 0.2) is 0 Å². The van der Waals surface area contributed by atoms with Crippen LogP contribution in [0.4, 0.5) is 0 Å². The van der Waals surface area contributed by atoms with Crippen LogP contribution in [0.2, 0.25) is 10.0 Å². The third-order valence-corrected chi connectivity index (χ3v) is 4.38. The van der Waals surface area contributed by atoms with Crippen LogP contribution in [0.25, 0.3) is 0 Å². The van der Waals surface area contributed by atoms with Crippen LogP contribution in [0.15, 0.2) is 54.6 Å². The second-order valence-electron chi connectivity index (χ2n) is 6.25. The van der Waals surface area contributed by atoms with Crippen molar-refractivity contribution in [1.29, 1.82) is 0 Å². The van der Waals surface area contributed by atoms with E-state index in [1.807, 2.05) is 42.5 Å². The van der Waals surface area contributed by atoms with Crippen LogP contribution in [0.3, 0.4) is 0 Å². The maximum atomic E-state index is 11.7. The monoisotopic (exact) mass is 409 g/mol. The maximum absolute atomic E-state index is 11.7. The summed E-state index contributed by atoms with van der Waals surface area (Å²) in [7, 11) is 0. The Kier molecular flexibility index (Phi) is 9.64. The van der Waals surface area contributed by atoms with E-state index in [1.54, 1.807) is 17.0 Å². The number of aliphatic hydroxyl groups excluding tert-OH is 1. The number of halogens is 2. The number of hydrogen-bond donors (Lipinski definition) is 1. The molecule has 0 aromatic heterocycles. The molecule has 1 aliphatic carbocycles. The third kappa shape index (κ3) is 8.31. The van der Waals surface area contributed by atoms with E-state index >= 15 is 0 Å². The second-order valence-corrected chi connectivity index (χ2v) is 7.12. The Balaban J connectivity index is 0.000000212. The summed E-state index contributed by atoms with van der Waals surface area (Å²) < 4.78 is 5.25. The van der Waals surface area contributed by atoms with E-state index in [0.29, 0.717) is 18.2 Å². The Morgan fingerprint density at radius 1 is 0.963 bits per heavy atom. The molecule has 1 atom stereocenters. The second kappa shape index (κ2) is 12.0. The van der Waals surface area contributed by atoms with Crippen molar-refractivity contribution >= 4 is 29.1 Å². The third-order valence-electron chi connectivity index (χ3n) is 3.88. The molecule has 0 bridgehead atoms. The van der Waals surface area contributed by atoms with Crippen molar-refractivity contribution < 1.29 is 14.6 Å². The minimum Gasteiger partial charge on any atom is -0.395 e. The van der Waals surface area contributed by atoms with Crippen LogP contribution in [0.1, 0.15) is 30.9 Å². The Labute approximate surface area is 170 Å². The number of aliphatic hydroxyl groups is 1. The van der Waals surface area contributed by atoms with Crippen LogP contribution in [-0.2, 0) is 9.53 Å². The quantitative estimate of drug-likeness (QED) is 0.795. The van der Waals surface area contributed by atoms with Gasteiger partial charge in [0, 0.05) is 16.6 Å². The summed E-state index contributed by atoms with van der Waals surface area (Å²) in [5.74, 6) is -0.0924. The highest BCUT2D eigenvalue weighted by Gasteiger charge is 2.29.